The molecule has 2 fully saturated rings. The van der Waals surface area contributed by atoms with Crippen molar-refractivity contribution >= 4 is 11.9 Å². The normalized spacial score (nSPS) is 23.9. The monoisotopic (exact) mass is 308 g/mol. The van der Waals surface area contributed by atoms with Crippen LogP contribution in [0, 0.1) is 0 Å². The standard InChI is InChI=1S/C18H28O4/c1-17(11-5-3-6-12-17)21-15(19)9-10-16(20)22-18(2)13-7-4-8-14-18/h9-10H,3-8,11-14H2,1-2H3/b10-9-. The minimum Gasteiger partial charge on any atom is -0.456 e. The summed E-state index contributed by atoms with van der Waals surface area (Å²) in [6, 6.07) is 0. The molecule has 2 aliphatic carbocycles. The van der Waals surface area contributed by atoms with Crippen molar-refractivity contribution in [1.29, 1.82) is 0 Å². The number of carbonyl (C=O) groups is 2. The molecule has 0 unspecified atom stereocenters. The fourth-order valence-electron chi connectivity index (χ4n) is 3.49. The van der Waals surface area contributed by atoms with Crippen molar-refractivity contribution in [1.82, 2.24) is 0 Å². The van der Waals surface area contributed by atoms with E-state index in [4.69, 9.17) is 9.47 Å². The molecule has 0 aromatic heterocycles. The van der Waals surface area contributed by atoms with E-state index in [1.165, 1.54) is 25.0 Å². The van der Waals surface area contributed by atoms with Crippen molar-refractivity contribution < 1.29 is 19.1 Å². The van der Waals surface area contributed by atoms with Crippen molar-refractivity contribution in [3.05, 3.63) is 12.2 Å². The third-order valence-electron chi connectivity index (χ3n) is 4.87. The molecule has 0 atom stereocenters. The van der Waals surface area contributed by atoms with Gasteiger partial charge in [-0.25, -0.2) is 9.59 Å². The fraction of sp³-hybridized carbons (Fsp3) is 0.778. The Labute approximate surface area is 133 Å². The number of carbonyl (C=O) groups excluding carboxylic acids is 2. The molecule has 2 saturated carbocycles. The van der Waals surface area contributed by atoms with E-state index in [2.05, 4.69) is 0 Å². The van der Waals surface area contributed by atoms with E-state index in [-0.39, 0.29) is 11.2 Å². The van der Waals surface area contributed by atoms with Gasteiger partial charge >= 0.3 is 11.9 Å². The largest absolute Gasteiger partial charge is 0.456 e. The van der Waals surface area contributed by atoms with Crippen LogP contribution in [-0.4, -0.2) is 23.1 Å². The molecule has 4 nitrogen and oxygen atoms in total. The van der Waals surface area contributed by atoms with Crippen LogP contribution in [0.15, 0.2) is 12.2 Å². The van der Waals surface area contributed by atoms with Crippen LogP contribution in [0.1, 0.15) is 78.1 Å². The minimum absolute atomic E-state index is 0.376. The Kier molecular flexibility index (Phi) is 5.65. The third-order valence-corrected chi connectivity index (χ3v) is 4.87. The van der Waals surface area contributed by atoms with E-state index in [0.29, 0.717) is 0 Å². The van der Waals surface area contributed by atoms with Crippen LogP contribution >= 0.6 is 0 Å². The van der Waals surface area contributed by atoms with Crippen molar-refractivity contribution in [2.24, 2.45) is 0 Å². The summed E-state index contributed by atoms with van der Waals surface area (Å²) in [6.45, 7) is 3.94. The zero-order valence-corrected chi connectivity index (χ0v) is 13.9. The maximum atomic E-state index is 11.9. The lowest BCUT2D eigenvalue weighted by Crippen LogP contribution is -2.34. The number of ether oxygens (including phenoxy) is 2. The van der Waals surface area contributed by atoms with Crippen LogP contribution in [0.2, 0.25) is 0 Å². The molecule has 0 heterocycles. The zero-order valence-electron chi connectivity index (χ0n) is 13.9. The molecule has 0 spiro atoms. The smallest absolute Gasteiger partial charge is 0.331 e. The number of hydrogen-bond acceptors (Lipinski definition) is 4. The first-order chi connectivity index (χ1) is 10.4. The molecule has 0 amide bonds. The molecule has 0 aromatic rings. The highest BCUT2D eigenvalue weighted by Crippen LogP contribution is 2.32. The zero-order chi connectivity index (χ0) is 16.1. The van der Waals surface area contributed by atoms with Crippen molar-refractivity contribution in [2.75, 3.05) is 0 Å². The van der Waals surface area contributed by atoms with Gasteiger partial charge in [-0.15, -0.1) is 0 Å². The van der Waals surface area contributed by atoms with Crippen LogP contribution in [0.25, 0.3) is 0 Å². The lowest BCUT2D eigenvalue weighted by Gasteiger charge is -2.33. The SMILES string of the molecule is CC1(OC(=O)/C=C\C(=O)OC2(C)CCCCC2)CCCCC1. The highest BCUT2D eigenvalue weighted by Gasteiger charge is 2.31. The van der Waals surface area contributed by atoms with Gasteiger partial charge in [0.1, 0.15) is 11.2 Å². The summed E-state index contributed by atoms with van der Waals surface area (Å²) in [4.78, 5) is 23.8. The maximum Gasteiger partial charge on any atom is 0.331 e. The Morgan fingerprint density at radius 1 is 0.682 bits per heavy atom. The van der Waals surface area contributed by atoms with Gasteiger partial charge in [0, 0.05) is 12.2 Å². The molecule has 0 bridgehead atoms. The molecule has 0 radical (unpaired) electrons. The van der Waals surface area contributed by atoms with E-state index in [0.717, 1.165) is 51.4 Å². The van der Waals surface area contributed by atoms with Gasteiger partial charge in [-0.3, -0.25) is 0 Å². The number of hydrogen-bond donors (Lipinski definition) is 0. The van der Waals surface area contributed by atoms with Gasteiger partial charge < -0.3 is 9.47 Å². The quantitative estimate of drug-likeness (QED) is 0.580. The van der Waals surface area contributed by atoms with Gasteiger partial charge in [0.05, 0.1) is 0 Å². The van der Waals surface area contributed by atoms with Crippen molar-refractivity contribution in [3.63, 3.8) is 0 Å². The summed E-state index contributed by atoms with van der Waals surface area (Å²) in [5.41, 5.74) is -0.752. The second-order valence-electron chi connectivity index (χ2n) is 7.20. The van der Waals surface area contributed by atoms with E-state index >= 15 is 0 Å². The lowest BCUT2D eigenvalue weighted by molar-refractivity contribution is -0.157. The maximum absolute atomic E-state index is 11.9. The Morgan fingerprint density at radius 3 is 1.32 bits per heavy atom. The lowest BCUT2D eigenvalue weighted by atomic mass is 9.86. The van der Waals surface area contributed by atoms with Gasteiger partial charge in [0.2, 0.25) is 0 Å². The first-order valence-corrected chi connectivity index (χ1v) is 8.55. The predicted molar refractivity (Wildman–Crippen MR) is 84.3 cm³/mol. The summed E-state index contributed by atoms with van der Waals surface area (Å²) in [6.07, 6.45) is 12.8. The van der Waals surface area contributed by atoms with Crippen LogP contribution < -0.4 is 0 Å². The van der Waals surface area contributed by atoms with Gasteiger partial charge in [-0.2, -0.15) is 0 Å². The van der Waals surface area contributed by atoms with Gasteiger partial charge in [-0.05, 0) is 65.2 Å². The summed E-state index contributed by atoms with van der Waals surface area (Å²) in [5.74, 6) is -0.898. The van der Waals surface area contributed by atoms with Crippen LogP contribution in [0.5, 0.6) is 0 Å². The predicted octanol–water partition coefficient (Wildman–Crippen LogP) is 4.07. The molecule has 2 aliphatic rings. The second kappa shape index (κ2) is 7.30. The van der Waals surface area contributed by atoms with Crippen LogP contribution in [0.3, 0.4) is 0 Å². The molecule has 0 N–H and O–H groups in total. The van der Waals surface area contributed by atoms with E-state index < -0.39 is 11.9 Å². The molecule has 22 heavy (non-hydrogen) atoms. The first-order valence-electron chi connectivity index (χ1n) is 8.55. The molecule has 124 valence electrons. The fourth-order valence-corrected chi connectivity index (χ4v) is 3.49. The first kappa shape index (κ1) is 17.0. The van der Waals surface area contributed by atoms with Crippen molar-refractivity contribution in [3.8, 4) is 0 Å². The number of rotatable bonds is 4. The summed E-state index contributed by atoms with van der Waals surface area (Å²) >= 11 is 0. The molecule has 4 heteroatoms. The molecule has 0 aromatic carbocycles. The molecular formula is C18H28O4. The van der Waals surface area contributed by atoms with Gasteiger partial charge in [0.15, 0.2) is 0 Å². The minimum atomic E-state index is -0.449. The third kappa shape index (κ3) is 5.15. The Balaban J connectivity index is 1.80. The molecule has 0 saturated heterocycles. The highest BCUT2D eigenvalue weighted by atomic mass is 16.6. The number of esters is 2. The van der Waals surface area contributed by atoms with E-state index in [1.807, 2.05) is 13.8 Å². The Bertz CT molecular complexity index is 386. The molecule has 2 rings (SSSR count). The van der Waals surface area contributed by atoms with Crippen LogP contribution in [0.4, 0.5) is 0 Å². The average molecular weight is 308 g/mol. The van der Waals surface area contributed by atoms with Gasteiger partial charge in [-0.1, -0.05) is 12.8 Å². The van der Waals surface area contributed by atoms with Crippen LogP contribution in [-0.2, 0) is 19.1 Å². The second-order valence-corrected chi connectivity index (χ2v) is 7.20. The summed E-state index contributed by atoms with van der Waals surface area (Å²) in [7, 11) is 0. The van der Waals surface area contributed by atoms with E-state index in [1.54, 1.807) is 0 Å². The summed E-state index contributed by atoms with van der Waals surface area (Å²) < 4.78 is 11.0. The summed E-state index contributed by atoms with van der Waals surface area (Å²) in [5, 5.41) is 0. The topological polar surface area (TPSA) is 52.6 Å². The average Bonchev–Trinajstić information content (AvgIpc) is 2.46. The van der Waals surface area contributed by atoms with Crippen molar-refractivity contribution in [2.45, 2.75) is 89.3 Å². The Morgan fingerprint density at radius 2 is 1.00 bits per heavy atom. The highest BCUT2D eigenvalue weighted by molar-refractivity contribution is 5.92. The van der Waals surface area contributed by atoms with Gasteiger partial charge in [0.25, 0.3) is 0 Å². The molecular weight excluding hydrogens is 280 g/mol. The van der Waals surface area contributed by atoms with E-state index in [9.17, 15) is 9.59 Å². The molecule has 0 aliphatic heterocycles. The Hall–Kier alpha value is -1.32.